The smallest absolute Gasteiger partial charge is 0.277 e. The van der Waals surface area contributed by atoms with Crippen molar-refractivity contribution in [3.63, 3.8) is 0 Å². The third kappa shape index (κ3) is 8.35. The van der Waals surface area contributed by atoms with E-state index in [9.17, 15) is 4.79 Å². The zero-order valence-electron chi connectivity index (χ0n) is 20.4. The minimum Gasteiger partial charge on any atom is -0.490 e. The Morgan fingerprint density at radius 1 is 1.05 bits per heavy atom. The van der Waals surface area contributed by atoms with Crippen LogP contribution < -0.4 is 19.6 Å². The first-order valence-electron chi connectivity index (χ1n) is 11.7. The van der Waals surface area contributed by atoms with Gasteiger partial charge in [-0.15, -0.1) is 23.5 Å². The first-order valence-corrected chi connectivity index (χ1v) is 15.7. The third-order valence-electron chi connectivity index (χ3n) is 5.25. The third-order valence-corrected chi connectivity index (χ3v) is 9.89. The van der Waals surface area contributed by atoms with E-state index < -0.39 is 0 Å². The summed E-state index contributed by atoms with van der Waals surface area (Å²) in [7, 11) is 0. The van der Waals surface area contributed by atoms with Crippen molar-refractivity contribution in [1.82, 2.24) is 5.43 Å². The number of carbonyl (C=O) groups excluding carboxylic acids is 1. The number of hydrogen-bond acceptors (Lipinski definition) is 7. The summed E-state index contributed by atoms with van der Waals surface area (Å²) in [5, 5.41) is 5.04. The lowest BCUT2D eigenvalue weighted by atomic mass is 10.2. The number of hydrazone groups is 1. The summed E-state index contributed by atoms with van der Waals surface area (Å²) in [6.45, 7) is 2.54. The molecule has 0 bridgehead atoms. The number of hydrogen-bond donors (Lipinski definition) is 1. The number of ether oxygens (including phenoxy) is 3. The molecule has 6 nitrogen and oxygen atoms in total. The minimum absolute atomic E-state index is 0.132. The summed E-state index contributed by atoms with van der Waals surface area (Å²) in [4.78, 5) is 12.2. The van der Waals surface area contributed by atoms with Crippen LogP contribution in [-0.4, -0.2) is 36.8 Å². The van der Waals surface area contributed by atoms with Gasteiger partial charge in [-0.3, -0.25) is 4.79 Å². The van der Waals surface area contributed by atoms with Gasteiger partial charge in [0.25, 0.3) is 5.91 Å². The van der Waals surface area contributed by atoms with E-state index in [1.165, 1.54) is 17.1 Å². The van der Waals surface area contributed by atoms with E-state index >= 15 is 0 Å². The quantitative estimate of drug-likeness (QED) is 0.126. The number of carbonyl (C=O) groups is 1. The van der Waals surface area contributed by atoms with Crippen LogP contribution in [0.25, 0.3) is 0 Å². The highest BCUT2D eigenvalue weighted by molar-refractivity contribution is 14.1. The SMILES string of the molecule is CCOc1cc(/C=N\NC(=O)COc2ccc(C3SCCS3)cc2)cc(I)c1OCc1ccc(Cl)c(Cl)c1. The van der Waals surface area contributed by atoms with Crippen molar-refractivity contribution in [3.8, 4) is 17.2 Å². The van der Waals surface area contributed by atoms with Gasteiger partial charge in [0, 0.05) is 11.5 Å². The van der Waals surface area contributed by atoms with Gasteiger partial charge in [-0.25, -0.2) is 5.43 Å². The van der Waals surface area contributed by atoms with E-state index in [0.29, 0.717) is 45.1 Å². The molecular weight excluding hydrogens is 678 g/mol. The number of nitrogens with one attached hydrogen (secondary N) is 1. The molecule has 1 aliphatic rings. The molecule has 0 radical (unpaired) electrons. The Morgan fingerprint density at radius 3 is 2.53 bits per heavy atom. The van der Waals surface area contributed by atoms with E-state index in [1.807, 2.05) is 60.8 Å². The fraction of sp³-hybridized carbons (Fsp3) is 0.259. The Morgan fingerprint density at radius 2 is 1.82 bits per heavy atom. The first kappa shape index (κ1) is 29.2. The first-order chi connectivity index (χ1) is 18.4. The predicted molar refractivity (Wildman–Crippen MR) is 166 cm³/mol. The lowest BCUT2D eigenvalue weighted by molar-refractivity contribution is -0.123. The lowest BCUT2D eigenvalue weighted by Crippen LogP contribution is -2.24. The largest absolute Gasteiger partial charge is 0.490 e. The molecule has 0 spiro atoms. The molecule has 1 aliphatic heterocycles. The van der Waals surface area contributed by atoms with Gasteiger partial charge in [-0.1, -0.05) is 41.4 Å². The van der Waals surface area contributed by atoms with Gasteiger partial charge in [0.15, 0.2) is 18.1 Å². The Bertz CT molecular complexity index is 1290. The molecule has 0 aromatic heterocycles. The maximum Gasteiger partial charge on any atom is 0.277 e. The Kier molecular flexibility index (Phi) is 11.2. The zero-order valence-corrected chi connectivity index (χ0v) is 25.7. The molecule has 1 fully saturated rings. The van der Waals surface area contributed by atoms with Gasteiger partial charge >= 0.3 is 0 Å². The van der Waals surface area contributed by atoms with Gasteiger partial charge in [-0.2, -0.15) is 5.10 Å². The highest BCUT2D eigenvalue weighted by Crippen LogP contribution is 2.45. The van der Waals surface area contributed by atoms with Crippen molar-refractivity contribution in [1.29, 1.82) is 0 Å². The van der Waals surface area contributed by atoms with Gasteiger partial charge in [-0.05, 0) is 82.6 Å². The second-order valence-corrected chi connectivity index (χ2v) is 12.7. The second-order valence-electron chi connectivity index (χ2n) is 8.02. The molecule has 11 heteroatoms. The molecule has 0 aliphatic carbocycles. The second kappa shape index (κ2) is 14.6. The van der Waals surface area contributed by atoms with Crippen molar-refractivity contribution >= 4 is 81.4 Å². The highest BCUT2D eigenvalue weighted by Gasteiger charge is 2.18. The van der Waals surface area contributed by atoms with Crippen LogP contribution >= 0.6 is 69.3 Å². The maximum absolute atomic E-state index is 12.2. The van der Waals surface area contributed by atoms with Gasteiger partial charge in [0.1, 0.15) is 12.4 Å². The van der Waals surface area contributed by atoms with Crippen LogP contribution in [0.4, 0.5) is 0 Å². The predicted octanol–water partition coefficient (Wildman–Crippen LogP) is 7.58. The highest BCUT2D eigenvalue weighted by atomic mass is 127. The van der Waals surface area contributed by atoms with Crippen LogP contribution in [0.1, 0.15) is 28.2 Å². The maximum atomic E-state index is 12.2. The molecule has 3 aromatic rings. The zero-order chi connectivity index (χ0) is 26.9. The van der Waals surface area contributed by atoms with Crippen molar-refractivity contribution in [2.75, 3.05) is 24.7 Å². The summed E-state index contributed by atoms with van der Waals surface area (Å²) >= 11 is 18.2. The molecule has 0 unspecified atom stereocenters. The summed E-state index contributed by atoms with van der Waals surface area (Å²) in [5.41, 5.74) is 5.40. The fourth-order valence-electron chi connectivity index (χ4n) is 3.48. The van der Waals surface area contributed by atoms with Gasteiger partial charge in [0.2, 0.25) is 0 Å². The molecule has 3 aromatic carbocycles. The van der Waals surface area contributed by atoms with E-state index in [2.05, 4.69) is 45.3 Å². The Labute approximate surface area is 254 Å². The lowest BCUT2D eigenvalue weighted by Gasteiger charge is -2.15. The van der Waals surface area contributed by atoms with E-state index in [-0.39, 0.29) is 12.5 Å². The van der Waals surface area contributed by atoms with Gasteiger partial charge in [0.05, 0.1) is 31.0 Å². The molecule has 1 N–H and O–H groups in total. The number of benzene rings is 3. The Hall–Kier alpha value is -1.79. The van der Waals surface area contributed by atoms with Crippen molar-refractivity contribution in [2.45, 2.75) is 18.1 Å². The molecule has 38 heavy (non-hydrogen) atoms. The molecular formula is C27H25Cl2IN2O4S2. The number of nitrogens with zero attached hydrogens (tertiary/aromatic N) is 1. The van der Waals surface area contributed by atoms with E-state index in [0.717, 1.165) is 14.7 Å². The monoisotopic (exact) mass is 702 g/mol. The van der Waals surface area contributed by atoms with Gasteiger partial charge < -0.3 is 14.2 Å². The average Bonchev–Trinajstić information content (AvgIpc) is 3.45. The minimum atomic E-state index is -0.353. The van der Waals surface area contributed by atoms with Crippen LogP contribution in [0.2, 0.25) is 10.0 Å². The molecule has 0 saturated carbocycles. The average molecular weight is 703 g/mol. The molecule has 0 atom stereocenters. The standard InChI is InChI=1S/C27H25Cl2IN2O4S2/c1-2-34-24-13-18(12-23(30)26(24)36-15-17-3-8-21(28)22(29)11-17)14-31-32-25(33)16-35-20-6-4-19(5-7-20)27-37-9-10-38-27/h3-8,11-14,27H,2,9-10,15-16H2,1H3,(H,32,33)/b31-14-. The van der Waals surface area contributed by atoms with Crippen molar-refractivity contribution in [3.05, 3.63) is 84.9 Å². The van der Waals surface area contributed by atoms with Crippen LogP contribution in [0.5, 0.6) is 17.2 Å². The molecule has 1 heterocycles. The van der Waals surface area contributed by atoms with Crippen LogP contribution in [0, 0.1) is 3.57 Å². The number of halogens is 3. The summed E-state index contributed by atoms with van der Waals surface area (Å²) < 4.78 is 18.8. The Balaban J connectivity index is 1.31. The summed E-state index contributed by atoms with van der Waals surface area (Å²) in [6, 6.07) is 17.0. The van der Waals surface area contributed by atoms with Crippen molar-refractivity contribution in [2.24, 2.45) is 5.10 Å². The normalized spacial score (nSPS) is 13.6. The fourth-order valence-corrected chi connectivity index (χ4v) is 7.44. The molecule has 200 valence electrons. The molecule has 4 rings (SSSR count). The number of amides is 1. The van der Waals surface area contributed by atoms with Crippen molar-refractivity contribution < 1.29 is 19.0 Å². The molecule has 1 amide bonds. The summed E-state index contributed by atoms with van der Waals surface area (Å²) in [6.07, 6.45) is 1.55. The van der Waals surface area contributed by atoms with Crippen LogP contribution in [0.15, 0.2) is 59.7 Å². The topological polar surface area (TPSA) is 69.2 Å². The number of rotatable bonds is 11. The van der Waals surface area contributed by atoms with E-state index in [1.54, 1.807) is 18.3 Å². The van der Waals surface area contributed by atoms with Crippen LogP contribution in [-0.2, 0) is 11.4 Å². The van der Waals surface area contributed by atoms with E-state index in [4.69, 9.17) is 37.4 Å². The van der Waals surface area contributed by atoms with Crippen LogP contribution in [0.3, 0.4) is 0 Å². The molecule has 1 saturated heterocycles. The summed E-state index contributed by atoms with van der Waals surface area (Å²) in [5.74, 6) is 3.84. The number of thioether (sulfide) groups is 2.